The quantitative estimate of drug-likeness (QED) is 0.730. The van der Waals surface area contributed by atoms with E-state index in [0.29, 0.717) is 21.9 Å². The molecule has 1 amide bonds. The lowest BCUT2D eigenvalue weighted by molar-refractivity contribution is 0.102. The molecule has 0 fully saturated rings. The van der Waals surface area contributed by atoms with Crippen LogP contribution in [0.5, 0.6) is 5.75 Å². The molecule has 0 aliphatic heterocycles. The smallest absolute Gasteiger partial charge is 0.322 e. The lowest BCUT2D eigenvalue weighted by Crippen LogP contribution is -2.12. The van der Waals surface area contributed by atoms with Gasteiger partial charge in [0.1, 0.15) is 5.75 Å². The van der Waals surface area contributed by atoms with Crippen LogP contribution in [0.1, 0.15) is 24.2 Å². The lowest BCUT2D eigenvalue weighted by Gasteiger charge is -2.09. The second-order valence-corrected chi connectivity index (χ2v) is 6.00. The van der Waals surface area contributed by atoms with Crippen LogP contribution in [-0.4, -0.2) is 22.2 Å². The number of hydrogen-bond acceptors (Lipinski definition) is 5. The van der Waals surface area contributed by atoms with E-state index in [1.165, 1.54) is 0 Å². The first kappa shape index (κ1) is 17.0. The Kier molecular flexibility index (Phi) is 5.00. The van der Waals surface area contributed by atoms with Crippen molar-refractivity contribution in [2.45, 2.75) is 20.0 Å². The third kappa shape index (κ3) is 4.36. The van der Waals surface area contributed by atoms with Gasteiger partial charge in [-0.3, -0.25) is 10.1 Å². The molecule has 2 aromatic carbocycles. The first-order valence-electron chi connectivity index (χ1n) is 7.69. The second-order valence-electron chi connectivity index (χ2n) is 5.57. The highest BCUT2D eigenvalue weighted by Crippen LogP contribution is 2.23. The summed E-state index contributed by atoms with van der Waals surface area (Å²) in [6, 6.07) is 13.8. The summed E-state index contributed by atoms with van der Waals surface area (Å²) in [5.74, 6) is 0.628. The van der Waals surface area contributed by atoms with Crippen LogP contribution in [0.2, 0.25) is 5.02 Å². The minimum Gasteiger partial charge on any atom is -0.491 e. The van der Waals surface area contributed by atoms with Crippen LogP contribution in [0.25, 0.3) is 11.5 Å². The van der Waals surface area contributed by atoms with Crippen LogP contribution in [0.15, 0.2) is 52.9 Å². The third-order valence-corrected chi connectivity index (χ3v) is 3.44. The normalized spacial score (nSPS) is 10.7. The number of benzene rings is 2. The Balaban J connectivity index is 1.69. The predicted molar refractivity (Wildman–Crippen MR) is 94.9 cm³/mol. The van der Waals surface area contributed by atoms with Crippen molar-refractivity contribution >= 4 is 23.5 Å². The first-order valence-corrected chi connectivity index (χ1v) is 8.06. The predicted octanol–water partition coefficient (Wildman–Crippen LogP) is 4.43. The summed E-state index contributed by atoms with van der Waals surface area (Å²) < 4.78 is 11.0. The standard InChI is InChI=1S/C18H16ClN3O3/c1-11(2)24-15-8-6-12(7-9-15)16(23)20-18-22-21-17(25-18)13-4-3-5-14(19)10-13/h3-11H,1-2H3,(H,20,22,23). The number of nitrogens with one attached hydrogen (secondary N) is 1. The van der Waals surface area contributed by atoms with Crippen molar-refractivity contribution in [2.75, 3.05) is 5.32 Å². The van der Waals surface area contributed by atoms with E-state index in [9.17, 15) is 4.79 Å². The molecule has 3 aromatic rings. The lowest BCUT2D eigenvalue weighted by atomic mass is 10.2. The molecule has 6 nitrogen and oxygen atoms in total. The van der Waals surface area contributed by atoms with E-state index in [2.05, 4.69) is 15.5 Å². The summed E-state index contributed by atoms with van der Waals surface area (Å²) >= 11 is 5.94. The van der Waals surface area contributed by atoms with E-state index in [1.807, 2.05) is 13.8 Å². The number of aromatic nitrogens is 2. The Hall–Kier alpha value is -2.86. The second kappa shape index (κ2) is 7.36. The van der Waals surface area contributed by atoms with E-state index < -0.39 is 0 Å². The molecular formula is C18H16ClN3O3. The molecule has 1 aromatic heterocycles. The largest absolute Gasteiger partial charge is 0.491 e. The average molecular weight is 358 g/mol. The molecule has 0 saturated carbocycles. The maximum Gasteiger partial charge on any atom is 0.322 e. The van der Waals surface area contributed by atoms with Crippen LogP contribution in [-0.2, 0) is 0 Å². The number of carbonyl (C=O) groups excluding carboxylic acids is 1. The Morgan fingerprint density at radius 2 is 1.92 bits per heavy atom. The van der Waals surface area contributed by atoms with Gasteiger partial charge in [-0.05, 0) is 56.3 Å². The highest BCUT2D eigenvalue weighted by Gasteiger charge is 2.13. The summed E-state index contributed by atoms with van der Waals surface area (Å²) in [4.78, 5) is 12.2. The van der Waals surface area contributed by atoms with Gasteiger partial charge in [-0.25, -0.2) is 0 Å². The summed E-state index contributed by atoms with van der Waals surface area (Å²) in [7, 11) is 0. The van der Waals surface area contributed by atoms with Gasteiger partial charge in [0.15, 0.2) is 0 Å². The monoisotopic (exact) mass is 357 g/mol. The first-order chi connectivity index (χ1) is 12.0. The topological polar surface area (TPSA) is 77.2 Å². The zero-order valence-corrected chi connectivity index (χ0v) is 14.4. The van der Waals surface area contributed by atoms with Crippen LogP contribution in [0.3, 0.4) is 0 Å². The molecule has 7 heteroatoms. The fourth-order valence-electron chi connectivity index (χ4n) is 2.14. The van der Waals surface area contributed by atoms with Crippen LogP contribution >= 0.6 is 11.6 Å². The van der Waals surface area contributed by atoms with Crippen molar-refractivity contribution in [3.05, 3.63) is 59.1 Å². The molecule has 1 heterocycles. The van der Waals surface area contributed by atoms with Gasteiger partial charge in [0.25, 0.3) is 5.91 Å². The van der Waals surface area contributed by atoms with Gasteiger partial charge in [-0.1, -0.05) is 22.8 Å². The number of hydrogen-bond donors (Lipinski definition) is 1. The molecule has 25 heavy (non-hydrogen) atoms. The molecule has 3 rings (SSSR count). The number of halogens is 1. The van der Waals surface area contributed by atoms with Crippen molar-refractivity contribution in [3.63, 3.8) is 0 Å². The van der Waals surface area contributed by atoms with Gasteiger partial charge >= 0.3 is 6.01 Å². The maximum absolute atomic E-state index is 12.2. The van der Waals surface area contributed by atoms with E-state index in [4.69, 9.17) is 20.8 Å². The molecular weight excluding hydrogens is 342 g/mol. The number of rotatable bonds is 5. The molecule has 1 N–H and O–H groups in total. The van der Waals surface area contributed by atoms with Crippen molar-refractivity contribution in [1.29, 1.82) is 0 Å². The molecule has 0 unspecified atom stereocenters. The summed E-state index contributed by atoms with van der Waals surface area (Å²) in [5.41, 5.74) is 1.13. The van der Waals surface area contributed by atoms with Gasteiger partial charge in [-0.15, -0.1) is 5.10 Å². The van der Waals surface area contributed by atoms with Gasteiger partial charge in [0, 0.05) is 16.1 Å². The van der Waals surface area contributed by atoms with E-state index >= 15 is 0 Å². The summed E-state index contributed by atoms with van der Waals surface area (Å²) in [6.07, 6.45) is 0.0722. The molecule has 128 valence electrons. The molecule has 0 saturated heterocycles. The third-order valence-electron chi connectivity index (χ3n) is 3.21. The van der Waals surface area contributed by atoms with E-state index in [1.54, 1.807) is 48.5 Å². The van der Waals surface area contributed by atoms with E-state index in [0.717, 1.165) is 0 Å². The fourth-order valence-corrected chi connectivity index (χ4v) is 2.33. The molecule has 0 radical (unpaired) electrons. The van der Waals surface area contributed by atoms with Crippen LogP contribution < -0.4 is 10.1 Å². The number of nitrogens with zero attached hydrogens (tertiary/aromatic N) is 2. The molecule has 0 bridgehead atoms. The number of anilines is 1. The fraction of sp³-hybridized carbons (Fsp3) is 0.167. The van der Waals surface area contributed by atoms with Gasteiger partial charge in [-0.2, -0.15) is 0 Å². The zero-order chi connectivity index (χ0) is 17.8. The Morgan fingerprint density at radius 1 is 1.16 bits per heavy atom. The number of carbonyl (C=O) groups is 1. The minimum absolute atomic E-state index is 0.0162. The highest BCUT2D eigenvalue weighted by molar-refractivity contribution is 6.30. The Labute approximate surface area is 149 Å². The molecule has 0 atom stereocenters. The van der Waals surface area contributed by atoms with Crippen molar-refractivity contribution in [1.82, 2.24) is 10.2 Å². The van der Waals surface area contributed by atoms with Crippen molar-refractivity contribution in [3.8, 4) is 17.2 Å². The van der Waals surface area contributed by atoms with Crippen LogP contribution in [0, 0.1) is 0 Å². The van der Waals surface area contributed by atoms with Crippen molar-refractivity contribution in [2.24, 2.45) is 0 Å². The van der Waals surface area contributed by atoms with Gasteiger partial charge in [0.2, 0.25) is 5.89 Å². The Morgan fingerprint density at radius 3 is 2.60 bits per heavy atom. The minimum atomic E-state index is -0.350. The molecule has 0 spiro atoms. The number of amides is 1. The van der Waals surface area contributed by atoms with Crippen LogP contribution in [0.4, 0.5) is 6.01 Å². The average Bonchev–Trinajstić information content (AvgIpc) is 3.03. The number of ether oxygens (including phenoxy) is 1. The molecule has 0 aliphatic carbocycles. The zero-order valence-electron chi connectivity index (χ0n) is 13.7. The van der Waals surface area contributed by atoms with Gasteiger partial charge < -0.3 is 9.15 Å². The summed E-state index contributed by atoms with van der Waals surface area (Å²) in [5, 5.41) is 10.9. The van der Waals surface area contributed by atoms with Gasteiger partial charge in [0.05, 0.1) is 6.10 Å². The SMILES string of the molecule is CC(C)Oc1ccc(C(=O)Nc2nnc(-c3cccc(Cl)c3)o2)cc1. The molecule has 0 aliphatic rings. The maximum atomic E-state index is 12.2. The Bertz CT molecular complexity index is 875. The highest BCUT2D eigenvalue weighted by atomic mass is 35.5. The summed E-state index contributed by atoms with van der Waals surface area (Å²) in [6.45, 7) is 3.88. The van der Waals surface area contributed by atoms with E-state index in [-0.39, 0.29) is 23.9 Å². The van der Waals surface area contributed by atoms with Crippen molar-refractivity contribution < 1.29 is 13.9 Å².